The number of carbonyl (C=O) groups excluding carboxylic acids is 1. The van der Waals surface area contributed by atoms with E-state index in [-0.39, 0.29) is 30.1 Å². The first-order valence-electron chi connectivity index (χ1n) is 9.07. The molecule has 1 atom stereocenters. The van der Waals surface area contributed by atoms with Gasteiger partial charge in [-0.1, -0.05) is 19.9 Å². The molecule has 25 heavy (non-hydrogen) atoms. The Labute approximate surface area is 149 Å². The number of benzene rings is 1. The number of halogens is 2. The molecule has 1 aromatic rings. The number of carbonyl (C=O) groups is 1. The minimum absolute atomic E-state index is 0.0114. The SMILES string of the molecule is CC(C)CN1CCC(NC(=O)N[C@H](C)Cc2c(F)cccc2F)CC1. The number of hydrogen-bond acceptors (Lipinski definition) is 2. The Morgan fingerprint density at radius 1 is 1.20 bits per heavy atom. The zero-order valence-corrected chi connectivity index (χ0v) is 15.3. The molecule has 0 aromatic heterocycles. The van der Waals surface area contributed by atoms with Gasteiger partial charge in [0, 0.05) is 37.3 Å². The highest BCUT2D eigenvalue weighted by Gasteiger charge is 2.22. The zero-order chi connectivity index (χ0) is 18.4. The molecule has 0 radical (unpaired) electrons. The fourth-order valence-corrected chi connectivity index (χ4v) is 3.31. The molecule has 0 aliphatic carbocycles. The summed E-state index contributed by atoms with van der Waals surface area (Å²) in [6, 6.07) is 3.33. The maximum atomic E-state index is 13.7. The van der Waals surface area contributed by atoms with E-state index in [0.717, 1.165) is 32.5 Å². The standard InChI is InChI=1S/C19H29F2N3O/c1-13(2)12-24-9-7-15(8-10-24)23-19(25)22-14(3)11-16-17(20)5-4-6-18(16)21/h4-6,13-15H,7-12H2,1-3H3,(H2,22,23,25)/t14-/m1/s1. The highest BCUT2D eigenvalue weighted by atomic mass is 19.1. The molecule has 0 spiro atoms. The number of hydrogen-bond donors (Lipinski definition) is 2. The van der Waals surface area contributed by atoms with Crippen LogP contribution in [0.25, 0.3) is 0 Å². The zero-order valence-electron chi connectivity index (χ0n) is 15.3. The van der Waals surface area contributed by atoms with E-state index >= 15 is 0 Å². The highest BCUT2D eigenvalue weighted by Crippen LogP contribution is 2.15. The molecular weight excluding hydrogens is 324 g/mol. The minimum Gasteiger partial charge on any atom is -0.335 e. The summed E-state index contributed by atoms with van der Waals surface area (Å²) in [4.78, 5) is 14.5. The van der Waals surface area contributed by atoms with Crippen LogP contribution in [0.2, 0.25) is 0 Å². The van der Waals surface area contributed by atoms with Crippen LogP contribution in [-0.2, 0) is 6.42 Å². The van der Waals surface area contributed by atoms with Gasteiger partial charge in [0.1, 0.15) is 11.6 Å². The molecule has 1 heterocycles. The summed E-state index contributed by atoms with van der Waals surface area (Å²) in [7, 11) is 0. The van der Waals surface area contributed by atoms with Crippen molar-refractivity contribution in [2.75, 3.05) is 19.6 Å². The molecule has 2 N–H and O–H groups in total. The second-order valence-corrected chi connectivity index (χ2v) is 7.39. The highest BCUT2D eigenvalue weighted by molar-refractivity contribution is 5.74. The summed E-state index contributed by atoms with van der Waals surface area (Å²) in [5.41, 5.74) is 0.0114. The Hall–Kier alpha value is -1.69. The third-order valence-electron chi connectivity index (χ3n) is 4.50. The Balaban J connectivity index is 1.75. The fourth-order valence-electron chi connectivity index (χ4n) is 3.31. The van der Waals surface area contributed by atoms with Crippen LogP contribution in [0.4, 0.5) is 13.6 Å². The Morgan fingerprint density at radius 3 is 2.36 bits per heavy atom. The van der Waals surface area contributed by atoms with Crippen molar-refractivity contribution in [3.05, 3.63) is 35.4 Å². The average molecular weight is 353 g/mol. The van der Waals surface area contributed by atoms with Crippen molar-refractivity contribution >= 4 is 6.03 Å². The number of urea groups is 1. The van der Waals surface area contributed by atoms with E-state index in [2.05, 4.69) is 29.4 Å². The number of amides is 2. The molecule has 0 bridgehead atoms. The molecule has 6 heteroatoms. The lowest BCUT2D eigenvalue weighted by Crippen LogP contribution is -2.50. The van der Waals surface area contributed by atoms with Crippen LogP contribution in [0.15, 0.2) is 18.2 Å². The van der Waals surface area contributed by atoms with Gasteiger partial charge in [-0.25, -0.2) is 13.6 Å². The van der Waals surface area contributed by atoms with Gasteiger partial charge in [0.2, 0.25) is 0 Å². The Morgan fingerprint density at radius 2 is 1.80 bits per heavy atom. The monoisotopic (exact) mass is 353 g/mol. The molecule has 1 aliphatic rings. The van der Waals surface area contributed by atoms with Gasteiger partial charge in [-0.3, -0.25) is 0 Å². The second kappa shape index (κ2) is 9.13. The Kier molecular flexibility index (Phi) is 7.17. The third-order valence-corrected chi connectivity index (χ3v) is 4.50. The van der Waals surface area contributed by atoms with E-state index in [1.807, 2.05) is 0 Å². The fraction of sp³-hybridized carbons (Fsp3) is 0.632. The van der Waals surface area contributed by atoms with E-state index in [1.54, 1.807) is 6.92 Å². The normalized spacial score (nSPS) is 17.5. The number of piperidine rings is 1. The third kappa shape index (κ3) is 6.27. The van der Waals surface area contributed by atoms with Crippen molar-refractivity contribution in [2.45, 2.75) is 52.1 Å². The molecule has 0 saturated carbocycles. The predicted octanol–water partition coefficient (Wildman–Crippen LogP) is 3.32. The topological polar surface area (TPSA) is 44.4 Å². The van der Waals surface area contributed by atoms with Crippen LogP contribution < -0.4 is 10.6 Å². The van der Waals surface area contributed by atoms with Gasteiger partial charge < -0.3 is 15.5 Å². The van der Waals surface area contributed by atoms with Gasteiger partial charge in [0.05, 0.1) is 0 Å². The molecule has 140 valence electrons. The minimum atomic E-state index is -0.577. The van der Waals surface area contributed by atoms with Crippen LogP contribution >= 0.6 is 0 Å². The van der Waals surface area contributed by atoms with Crippen LogP contribution in [0.3, 0.4) is 0 Å². The maximum absolute atomic E-state index is 13.7. The van der Waals surface area contributed by atoms with E-state index < -0.39 is 11.6 Å². The van der Waals surface area contributed by atoms with Crippen LogP contribution in [-0.4, -0.2) is 42.6 Å². The molecule has 2 amide bonds. The Bertz CT molecular complexity index is 552. The van der Waals surface area contributed by atoms with E-state index in [4.69, 9.17) is 0 Å². The quantitative estimate of drug-likeness (QED) is 0.824. The molecule has 4 nitrogen and oxygen atoms in total. The maximum Gasteiger partial charge on any atom is 0.315 e. The summed E-state index contributed by atoms with van der Waals surface area (Å²) in [6.07, 6.45) is 1.98. The van der Waals surface area contributed by atoms with Gasteiger partial charge in [-0.2, -0.15) is 0 Å². The summed E-state index contributed by atoms with van der Waals surface area (Å²) >= 11 is 0. The van der Waals surface area contributed by atoms with Gasteiger partial charge in [0.25, 0.3) is 0 Å². The summed E-state index contributed by atoms with van der Waals surface area (Å²) < 4.78 is 27.3. The average Bonchev–Trinajstić information content (AvgIpc) is 2.52. The largest absolute Gasteiger partial charge is 0.335 e. The first-order chi connectivity index (χ1) is 11.8. The number of nitrogens with one attached hydrogen (secondary N) is 2. The molecule has 1 aromatic carbocycles. The van der Waals surface area contributed by atoms with Crippen molar-refractivity contribution < 1.29 is 13.6 Å². The second-order valence-electron chi connectivity index (χ2n) is 7.39. The van der Waals surface area contributed by atoms with Crippen molar-refractivity contribution in [1.82, 2.24) is 15.5 Å². The van der Waals surface area contributed by atoms with Gasteiger partial charge in [-0.05, 0) is 44.2 Å². The summed E-state index contributed by atoms with van der Waals surface area (Å²) in [5, 5.41) is 5.75. The molecule has 1 aliphatic heterocycles. The van der Waals surface area contributed by atoms with Crippen molar-refractivity contribution in [3.8, 4) is 0 Å². The van der Waals surface area contributed by atoms with Crippen LogP contribution in [0, 0.1) is 17.6 Å². The summed E-state index contributed by atoms with van der Waals surface area (Å²) in [5.74, 6) is -0.509. The van der Waals surface area contributed by atoms with Crippen molar-refractivity contribution in [1.29, 1.82) is 0 Å². The number of nitrogens with zero attached hydrogens (tertiary/aromatic N) is 1. The van der Waals surface area contributed by atoms with Crippen molar-refractivity contribution in [2.24, 2.45) is 5.92 Å². The predicted molar refractivity (Wildman–Crippen MR) is 95.5 cm³/mol. The first-order valence-corrected chi connectivity index (χ1v) is 9.07. The van der Waals surface area contributed by atoms with E-state index in [9.17, 15) is 13.6 Å². The number of rotatable bonds is 6. The number of likely N-dealkylation sites (tertiary alicyclic amines) is 1. The van der Waals surface area contributed by atoms with Crippen LogP contribution in [0.1, 0.15) is 39.2 Å². The summed E-state index contributed by atoms with van der Waals surface area (Å²) in [6.45, 7) is 9.22. The molecule has 1 saturated heterocycles. The van der Waals surface area contributed by atoms with Gasteiger partial charge >= 0.3 is 6.03 Å². The van der Waals surface area contributed by atoms with Gasteiger partial charge in [0.15, 0.2) is 0 Å². The molecule has 0 unspecified atom stereocenters. The van der Waals surface area contributed by atoms with E-state index in [0.29, 0.717) is 5.92 Å². The van der Waals surface area contributed by atoms with Crippen LogP contribution in [0.5, 0.6) is 0 Å². The lowest BCUT2D eigenvalue weighted by Gasteiger charge is -2.33. The smallest absolute Gasteiger partial charge is 0.315 e. The van der Waals surface area contributed by atoms with Crippen molar-refractivity contribution in [3.63, 3.8) is 0 Å². The molecule has 1 fully saturated rings. The molecular formula is C19H29F2N3O. The lowest BCUT2D eigenvalue weighted by molar-refractivity contribution is 0.177. The van der Waals surface area contributed by atoms with Gasteiger partial charge in [-0.15, -0.1) is 0 Å². The molecule has 2 rings (SSSR count). The van der Waals surface area contributed by atoms with E-state index in [1.165, 1.54) is 18.2 Å². The first kappa shape index (κ1) is 19.6. The lowest BCUT2D eigenvalue weighted by atomic mass is 10.0.